The quantitative estimate of drug-likeness (QED) is 0.495. The number of aliphatic hydroxyl groups excluding tert-OH is 1. The summed E-state index contributed by atoms with van der Waals surface area (Å²) < 4.78 is 1.59. The lowest BCUT2D eigenvalue weighted by Gasteiger charge is -2.47. The number of thiophene rings is 1. The van der Waals surface area contributed by atoms with Crippen LogP contribution in [0.2, 0.25) is 0 Å². The molecule has 0 aliphatic heterocycles. The lowest BCUT2D eigenvalue weighted by Crippen LogP contribution is -2.51. The first kappa shape index (κ1) is 21.9. The molecule has 8 nitrogen and oxygen atoms in total. The molecule has 0 aromatic carbocycles. The zero-order valence-corrected chi connectivity index (χ0v) is 20.0. The molecule has 3 aromatic rings. The SMILES string of the molecule is CCn1c(=O)[nH]c2nc(/C(O)=C3\CCC[C@@]4(CCCc5sc(C)c(C#N)c54)C3N)nc(C)c21. The van der Waals surface area contributed by atoms with Gasteiger partial charge in [-0.25, -0.2) is 14.8 Å². The van der Waals surface area contributed by atoms with E-state index in [0.717, 1.165) is 53.7 Å². The molecule has 0 amide bonds. The van der Waals surface area contributed by atoms with Crippen LogP contribution in [0.5, 0.6) is 0 Å². The Morgan fingerprint density at radius 1 is 1.33 bits per heavy atom. The number of hydrogen-bond donors (Lipinski definition) is 3. The molecule has 33 heavy (non-hydrogen) atoms. The summed E-state index contributed by atoms with van der Waals surface area (Å²) in [5, 5.41) is 21.2. The van der Waals surface area contributed by atoms with Crippen LogP contribution in [0.25, 0.3) is 16.9 Å². The van der Waals surface area contributed by atoms with Crippen molar-refractivity contribution in [3.63, 3.8) is 0 Å². The van der Waals surface area contributed by atoms with E-state index in [-0.39, 0.29) is 22.7 Å². The highest BCUT2D eigenvalue weighted by Crippen LogP contribution is 2.52. The predicted molar refractivity (Wildman–Crippen MR) is 128 cm³/mol. The van der Waals surface area contributed by atoms with Crippen LogP contribution in [0, 0.1) is 25.2 Å². The fraction of sp³-hybridized carbons (Fsp3) is 0.500. The third-order valence-corrected chi connectivity index (χ3v) is 8.63. The van der Waals surface area contributed by atoms with Gasteiger partial charge in [0.15, 0.2) is 17.2 Å². The number of imidazole rings is 1. The van der Waals surface area contributed by atoms with Crippen LogP contribution in [0.1, 0.15) is 71.4 Å². The maximum Gasteiger partial charge on any atom is 0.327 e. The van der Waals surface area contributed by atoms with E-state index < -0.39 is 6.04 Å². The maximum atomic E-state index is 12.3. The van der Waals surface area contributed by atoms with Crippen molar-refractivity contribution in [2.75, 3.05) is 0 Å². The maximum absolute atomic E-state index is 12.3. The summed E-state index contributed by atoms with van der Waals surface area (Å²) in [6, 6.07) is 2.00. The van der Waals surface area contributed by atoms with Crippen LogP contribution in [0.4, 0.5) is 0 Å². The average Bonchev–Trinajstić information content (AvgIpc) is 3.30. The van der Waals surface area contributed by atoms with Gasteiger partial charge in [0.1, 0.15) is 11.6 Å². The van der Waals surface area contributed by atoms with Gasteiger partial charge in [-0.15, -0.1) is 11.3 Å². The third-order valence-electron chi connectivity index (χ3n) is 7.46. The van der Waals surface area contributed by atoms with Gasteiger partial charge in [0.05, 0.1) is 11.3 Å². The number of fused-ring (bicyclic) bond motifs is 3. The molecular formula is C24H28N6O2S. The second kappa shape index (κ2) is 7.82. The highest BCUT2D eigenvalue weighted by molar-refractivity contribution is 7.12. The minimum atomic E-state index is -0.426. The minimum absolute atomic E-state index is 0.00532. The van der Waals surface area contributed by atoms with E-state index >= 15 is 0 Å². The van der Waals surface area contributed by atoms with Gasteiger partial charge in [-0.3, -0.25) is 9.55 Å². The lowest BCUT2D eigenvalue weighted by molar-refractivity contribution is 0.258. The molecule has 1 saturated carbocycles. The number of nitriles is 1. The van der Waals surface area contributed by atoms with Crippen molar-refractivity contribution < 1.29 is 5.11 Å². The number of H-pyrrole nitrogens is 1. The predicted octanol–water partition coefficient (Wildman–Crippen LogP) is 3.74. The highest BCUT2D eigenvalue weighted by atomic mass is 32.1. The second-order valence-corrected chi connectivity index (χ2v) is 10.5. The Kier molecular flexibility index (Phi) is 5.18. The fourth-order valence-electron chi connectivity index (χ4n) is 5.99. The molecule has 0 bridgehead atoms. The van der Waals surface area contributed by atoms with Gasteiger partial charge in [-0.2, -0.15) is 5.26 Å². The highest BCUT2D eigenvalue weighted by Gasteiger charge is 2.48. The molecule has 2 atom stereocenters. The molecule has 0 radical (unpaired) electrons. The number of nitrogens with two attached hydrogens (primary N) is 1. The topological polar surface area (TPSA) is 134 Å². The van der Waals surface area contributed by atoms with Crippen molar-refractivity contribution in [2.24, 2.45) is 5.73 Å². The molecule has 3 heterocycles. The summed E-state index contributed by atoms with van der Waals surface area (Å²) >= 11 is 1.71. The Bertz CT molecular complexity index is 1400. The first-order chi connectivity index (χ1) is 15.8. The first-order valence-corrected chi connectivity index (χ1v) is 12.3. The van der Waals surface area contributed by atoms with E-state index in [9.17, 15) is 15.2 Å². The monoisotopic (exact) mass is 464 g/mol. The molecular weight excluding hydrogens is 436 g/mol. The number of hydrogen-bond acceptors (Lipinski definition) is 7. The fourth-order valence-corrected chi connectivity index (χ4v) is 7.27. The van der Waals surface area contributed by atoms with Crippen molar-refractivity contribution >= 4 is 28.3 Å². The van der Waals surface area contributed by atoms with Gasteiger partial charge >= 0.3 is 5.69 Å². The largest absolute Gasteiger partial charge is 0.504 e. The van der Waals surface area contributed by atoms with Crippen LogP contribution in [0.15, 0.2) is 10.4 Å². The normalized spacial score (nSPS) is 24.2. The number of nitrogens with one attached hydrogen (secondary N) is 1. The van der Waals surface area contributed by atoms with Gasteiger partial charge in [-0.05, 0) is 70.4 Å². The van der Waals surface area contributed by atoms with Crippen molar-refractivity contribution in [2.45, 2.75) is 77.3 Å². The molecule has 0 saturated heterocycles. The van der Waals surface area contributed by atoms with E-state index in [0.29, 0.717) is 29.8 Å². The summed E-state index contributed by atoms with van der Waals surface area (Å²) in [5.41, 5.74) is 10.6. The summed E-state index contributed by atoms with van der Waals surface area (Å²) in [6.45, 7) is 6.22. The molecule has 2 aliphatic rings. The van der Waals surface area contributed by atoms with Gasteiger partial charge in [0.25, 0.3) is 0 Å². The van der Waals surface area contributed by atoms with Crippen LogP contribution in [-0.2, 0) is 18.4 Å². The van der Waals surface area contributed by atoms with Crippen LogP contribution < -0.4 is 11.4 Å². The summed E-state index contributed by atoms with van der Waals surface area (Å²) in [7, 11) is 0. The molecule has 1 spiro atoms. The molecule has 172 valence electrons. The number of aryl methyl sites for hydroxylation is 4. The zero-order valence-electron chi connectivity index (χ0n) is 19.2. The van der Waals surface area contributed by atoms with Crippen molar-refractivity contribution in [1.29, 1.82) is 5.26 Å². The first-order valence-electron chi connectivity index (χ1n) is 11.5. The number of aromatic amines is 1. The van der Waals surface area contributed by atoms with Crippen molar-refractivity contribution in [3.05, 3.63) is 48.5 Å². The Morgan fingerprint density at radius 3 is 2.76 bits per heavy atom. The summed E-state index contributed by atoms with van der Waals surface area (Å²) in [4.78, 5) is 26.4. The second-order valence-electron chi connectivity index (χ2n) is 9.16. The standard InChI is InChI=1S/C24H28N6O2S/c1-4-30-18-12(2)27-22(28-21(18)29-23(30)32)19(31)14-7-5-9-24(20(14)26)10-6-8-16-17(24)15(11-25)13(3)33-16/h20,31H,4-10,26H2,1-3H3,(H,27,28,29,32)/b19-14-/t20?,24-/m0/s1. The molecule has 4 N–H and O–H groups in total. The molecule has 9 heteroatoms. The Morgan fingerprint density at radius 2 is 2.06 bits per heavy atom. The van der Waals surface area contributed by atoms with Crippen molar-refractivity contribution in [3.8, 4) is 6.07 Å². The van der Waals surface area contributed by atoms with Gasteiger partial charge in [0.2, 0.25) is 0 Å². The van der Waals surface area contributed by atoms with E-state index in [2.05, 4.69) is 21.0 Å². The lowest BCUT2D eigenvalue weighted by atomic mass is 9.59. The molecule has 1 unspecified atom stereocenters. The van der Waals surface area contributed by atoms with Crippen molar-refractivity contribution in [1.82, 2.24) is 19.5 Å². The third kappa shape index (κ3) is 3.08. The van der Waals surface area contributed by atoms with Crippen LogP contribution in [-0.4, -0.2) is 30.7 Å². The van der Waals surface area contributed by atoms with E-state index in [4.69, 9.17) is 5.73 Å². The Labute approximate surface area is 195 Å². The van der Waals surface area contributed by atoms with E-state index in [1.165, 1.54) is 4.88 Å². The minimum Gasteiger partial charge on any atom is -0.504 e. The smallest absolute Gasteiger partial charge is 0.327 e. The Hall–Kier alpha value is -2.96. The van der Waals surface area contributed by atoms with Gasteiger partial charge in [0, 0.05) is 27.8 Å². The van der Waals surface area contributed by atoms with E-state index in [1.807, 2.05) is 20.8 Å². The summed E-state index contributed by atoms with van der Waals surface area (Å²) in [5.74, 6) is 0.180. The average molecular weight is 465 g/mol. The Balaban J connectivity index is 1.65. The number of aliphatic hydroxyl groups is 1. The zero-order chi connectivity index (χ0) is 23.5. The van der Waals surface area contributed by atoms with Crippen LogP contribution in [0.3, 0.4) is 0 Å². The number of rotatable bonds is 2. The summed E-state index contributed by atoms with van der Waals surface area (Å²) in [6.07, 6.45) is 5.32. The number of nitrogens with zero attached hydrogens (tertiary/aromatic N) is 4. The van der Waals surface area contributed by atoms with Crippen LogP contribution >= 0.6 is 11.3 Å². The number of aromatic nitrogens is 4. The van der Waals surface area contributed by atoms with E-state index in [1.54, 1.807) is 15.9 Å². The molecule has 2 aliphatic carbocycles. The van der Waals surface area contributed by atoms with Gasteiger partial charge < -0.3 is 10.8 Å². The van der Waals surface area contributed by atoms with Gasteiger partial charge in [-0.1, -0.05) is 0 Å². The molecule has 3 aromatic heterocycles. The molecule has 5 rings (SSSR count). The molecule has 1 fully saturated rings.